The number of urea groups is 1. The van der Waals surface area contributed by atoms with Crippen molar-refractivity contribution in [3.05, 3.63) is 71.8 Å². The van der Waals surface area contributed by atoms with Crippen LogP contribution < -0.4 is 10.6 Å². The van der Waals surface area contributed by atoms with E-state index < -0.39 is 0 Å². The van der Waals surface area contributed by atoms with Gasteiger partial charge < -0.3 is 15.5 Å². The fraction of sp³-hybridized carbons (Fsp3) is 0.227. The average molecular weight is 374 g/mol. The van der Waals surface area contributed by atoms with E-state index in [-0.39, 0.29) is 18.0 Å². The highest BCUT2D eigenvalue weighted by molar-refractivity contribution is 5.92. The molecule has 1 saturated heterocycles. The number of piperidine rings is 1. The highest BCUT2D eigenvalue weighted by Crippen LogP contribution is 2.14. The molecule has 0 radical (unpaired) electrons. The van der Waals surface area contributed by atoms with E-state index in [2.05, 4.69) is 16.7 Å². The third kappa shape index (κ3) is 5.21. The van der Waals surface area contributed by atoms with Gasteiger partial charge in [0.1, 0.15) is 0 Å². The molecular formula is C22H22N4O2. The summed E-state index contributed by atoms with van der Waals surface area (Å²) < 4.78 is 0. The maximum atomic E-state index is 12.3. The van der Waals surface area contributed by atoms with Crippen LogP contribution in [0.15, 0.2) is 60.7 Å². The highest BCUT2D eigenvalue weighted by atomic mass is 16.2. The van der Waals surface area contributed by atoms with Gasteiger partial charge in [-0.3, -0.25) is 4.79 Å². The minimum absolute atomic E-state index is 0.0316. The second-order valence-corrected chi connectivity index (χ2v) is 6.60. The smallest absolute Gasteiger partial charge is 0.321 e. The molecule has 1 aliphatic heterocycles. The summed E-state index contributed by atoms with van der Waals surface area (Å²) >= 11 is 0. The molecule has 0 unspecified atom stereocenters. The second-order valence-electron chi connectivity index (χ2n) is 6.60. The van der Waals surface area contributed by atoms with E-state index in [4.69, 9.17) is 5.26 Å². The van der Waals surface area contributed by atoms with E-state index in [1.165, 1.54) is 6.08 Å². The van der Waals surface area contributed by atoms with E-state index in [1.807, 2.05) is 36.4 Å². The Balaban J connectivity index is 1.46. The zero-order valence-corrected chi connectivity index (χ0v) is 15.5. The van der Waals surface area contributed by atoms with Crippen LogP contribution in [0.25, 0.3) is 6.08 Å². The van der Waals surface area contributed by atoms with Crippen molar-refractivity contribution in [2.75, 3.05) is 18.4 Å². The van der Waals surface area contributed by atoms with Crippen molar-refractivity contribution < 1.29 is 9.59 Å². The first kappa shape index (κ1) is 19.2. The monoisotopic (exact) mass is 374 g/mol. The maximum absolute atomic E-state index is 12.3. The van der Waals surface area contributed by atoms with E-state index in [0.717, 1.165) is 5.69 Å². The average Bonchev–Trinajstić information content (AvgIpc) is 2.73. The number of para-hydroxylation sites is 1. The molecule has 0 spiro atoms. The standard InChI is InChI=1S/C22H22N4O2/c23-16-18-7-5-4-6-17(18)10-11-21(27)24-20-12-14-26(15-13-20)22(28)25-19-8-2-1-3-9-19/h1-11,20H,12-15H2,(H,24,27)(H,25,28)/b11-10+. The van der Waals surface area contributed by atoms with Gasteiger partial charge in [-0.25, -0.2) is 4.79 Å². The van der Waals surface area contributed by atoms with Gasteiger partial charge in [-0.2, -0.15) is 5.26 Å². The van der Waals surface area contributed by atoms with Crippen LogP contribution >= 0.6 is 0 Å². The topological polar surface area (TPSA) is 85.2 Å². The van der Waals surface area contributed by atoms with Gasteiger partial charge in [0.15, 0.2) is 0 Å². The Morgan fingerprint density at radius 3 is 2.43 bits per heavy atom. The predicted octanol–water partition coefficient (Wildman–Crippen LogP) is 3.38. The minimum Gasteiger partial charge on any atom is -0.350 e. The number of carbonyl (C=O) groups is 2. The first-order valence-corrected chi connectivity index (χ1v) is 9.24. The van der Waals surface area contributed by atoms with Crippen LogP contribution in [-0.2, 0) is 4.79 Å². The molecule has 3 amide bonds. The van der Waals surface area contributed by atoms with Crippen molar-refractivity contribution in [1.29, 1.82) is 5.26 Å². The third-order valence-corrected chi connectivity index (χ3v) is 4.65. The van der Waals surface area contributed by atoms with Crippen LogP contribution in [0.5, 0.6) is 0 Å². The van der Waals surface area contributed by atoms with Crippen LogP contribution in [-0.4, -0.2) is 36.0 Å². The summed E-state index contributed by atoms with van der Waals surface area (Å²) in [6.07, 6.45) is 4.51. The van der Waals surface area contributed by atoms with Gasteiger partial charge in [-0.05, 0) is 42.7 Å². The van der Waals surface area contributed by atoms with Crippen LogP contribution in [0, 0.1) is 11.3 Å². The quantitative estimate of drug-likeness (QED) is 0.805. The molecular weight excluding hydrogens is 352 g/mol. The number of carbonyl (C=O) groups excluding carboxylic acids is 2. The summed E-state index contributed by atoms with van der Waals surface area (Å²) in [6.45, 7) is 1.18. The Kier molecular flexibility index (Phi) is 6.42. The molecule has 2 N–H and O–H groups in total. The molecule has 0 bridgehead atoms. The third-order valence-electron chi connectivity index (χ3n) is 4.65. The summed E-state index contributed by atoms with van der Waals surface area (Å²) in [5, 5.41) is 14.9. The molecule has 2 aromatic rings. The summed E-state index contributed by atoms with van der Waals surface area (Å²) in [7, 11) is 0. The van der Waals surface area contributed by atoms with Crippen molar-refractivity contribution in [3.8, 4) is 6.07 Å². The molecule has 1 heterocycles. The molecule has 28 heavy (non-hydrogen) atoms. The fourth-order valence-corrected chi connectivity index (χ4v) is 3.11. The summed E-state index contributed by atoms with van der Waals surface area (Å²) in [5.41, 5.74) is 2.02. The van der Waals surface area contributed by atoms with Crippen molar-refractivity contribution in [1.82, 2.24) is 10.2 Å². The Labute approximate surface area is 164 Å². The van der Waals surface area contributed by atoms with Crippen LogP contribution in [0.3, 0.4) is 0 Å². The number of nitrogens with one attached hydrogen (secondary N) is 2. The minimum atomic E-state index is -0.195. The fourth-order valence-electron chi connectivity index (χ4n) is 3.11. The van der Waals surface area contributed by atoms with Crippen LogP contribution in [0.4, 0.5) is 10.5 Å². The van der Waals surface area contributed by atoms with Gasteiger partial charge in [0.2, 0.25) is 5.91 Å². The number of amides is 3. The van der Waals surface area contributed by atoms with E-state index in [1.54, 1.807) is 29.2 Å². The number of benzene rings is 2. The molecule has 0 aliphatic carbocycles. The maximum Gasteiger partial charge on any atom is 0.321 e. The number of hydrogen-bond donors (Lipinski definition) is 2. The summed E-state index contributed by atoms with van der Waals surface area (Å²) in [6, 6.07) is 18.5. The number of nitrogens with zero attached hydrogens (tertiary/aromatic N) is 2. The lowest BCUT2D eigenvalue weighted by molar-refractivity contribution is -0.117. The van der Waals surface area contributed by atoms with Gasteiger partial charge in [0, 0.05) is 30.9 Å². The number of hydrogen-bond acceptors (Lipinski definition) is 3. The summed E-state index contributed by atoms with van der Waals surface area (Å²) in [5.74, 6) is -0.195. The number of rotatable bonds is 4. The lowest BCUT2D eigenvalue weighted by Crippen LogP contribution is -2.47. The first-order valence-electron chi connectivity index (χ1n) is 9.24. The zero-order valence-electron chi connectivity index (χ0n) is 15.5. The molecule has 1 fully saturated rings. The molecule has 6 nitrogen and oxygen atoms in total. The molecule has 6 heteroatoms. The van der Waals surface area contributed by atoms with Crippen molar-refractivity contribution in [2.45, 2.75) is 18.9 Å². The molecule has 1 aliphatic rings. The normalized spacial score (nSPS) is 14.5. The van der Waals surface area contributed by atoms with Gasteiger partial charge in [0.05, 0.1) is 11.6 Å². The SMILES string of the molecule is N#Cc1ccccc1/C=C/C(=O)NC1CCN(C(=O)Nc2ccccc2)CC1. The van der Waals surface area contributed by atoms with Gasteiger partial charge in [-0.1, -0.05) is 36.4 Å². The van der Waals surface area contributed by atoms with E-state index in [9.17, 15) is 9.59 Å². The molecule has 0 atom stereocenters. The lowest BCUT2D eigenvalue weighted by Gasteiger charge is -2.32. The molecule has 142 valence electrons. The Morgan fingerprint density at radius 2 is 1.71 bits per heavy atom. The molecule has 0 saturated carbocycles. The Bertz CT molecular complexity index is 894. The van der Waals surface area contributed by atoms with Gasteiger partial charge in [-0.15, -0.1) is 0 Å². The van der Waals surface area contributed by atoms with Gasteiger partial charge in [0.25, 0.3) is 0 Å². The van der Waals surface area contributed by atoms with Crippen LogP contribution in [0.1, 0.15) is 24.0 Å². The van der Waals surface area contributed by atoms with Crippen molar-refractivity contribution >= 4 is 23.7 Å². The largest absolute Gasteiger partial charge is 0.350 e. The molecule has 0 aromatic heterocycles. The zero-order chi connectivity index (χ0) is 19.8. The number of likely N-dealkylation sites (tertiary alicyclic amines) is 1. The molecule has 2 aromatic carbocycles. The van der Waals surface area contributed by atoms with E-state index in [0.29, 0.717) is 37.1 Å². The highest BCUT2D eigenvalue weighted by Gasteiger charge is 2.23. The summed E-state index contributed by atoms with van der Waals surface area (Å²) in [4.78, 5) is 26.2. The Hall–Kier alpha value is -3.59. The number of anilines is 1. The lowest BCUT2D eigenvalue weighted by atomic mass is 10.0. The predicted molar refractivity (Wildman–Crippen MR) is 108 cm³/mol. The van der Waals surface area contributed by atoms with Crippen LogP contribution in [0.2, 0.25) is 0 Å². The number of nitriles is 1. The molecule has 3 rings (SSSR count). The first-order chi connectivity index (χ1) is 13.7. The van der Waals surface area contributed by atoms with Gasteiger partial charge >= 0.3 is 6.03 Å². The van der Waals surface area contributed by atoms with Crippen molar-refractivity contribution in [3.63, 3.8) is 0 Å². The van der Waals surface area contributed by atoms with E-state index >= 15 is 0 Å². The van der Waals surface area contributed by atoms with Crippen molar-refractivity contribution in [2.24, 2.45) is 0 Å². The second kappa shape index (κ2) is 9.38. The Morgan fingerprint density at radius 1 is 1.04 bits per heavy atom.